The normalized spacial score (nSPS) is 27.4. The van der Waals surface area contributed by atoms with Crippen LogP contribution in [0, 0.1) is 0 Å². The molecule has 1 rings (SSSR count). The molecule has 1 atom stereocenters. The van der Waals surface area contributed by atoms with E-state index in [4.69, 9.17) is 15.2 Å². The summed E-state index contributed by atoms with van der Waals surface area (Å²) in [6, 6.07) is 0. The minimum absolute atomic E-state index is 0.0306. The van der Waals surface area contributed by atoms with Crippen molar-refractivity contribution in [1.29, 1.82) is 0 Å². The number of hydrogen-bond donors (Lipinski definition) is 1. The lowest BCUT2D eigenvalue weighted by Crippen LogP contribution is -2.28. The smallest absolute Gasteiger partial charge is 0.165 e. The number of carbonyl (C=O) groups excluding carboxylic acids is 1. The Morgan fingerprint density at radius 3 is 2.75 bits per heavy atom. The second-order valence-electron chi connectivity index (χ2n) is 3.32. The van der Waals surface area contributed by atoms with E-state index in [0.717, 1.165) is 0 Å². The van der Waals surface area contributed by atoms with Crippen LogP contribution in [0.4, 0.5) is 0 Å². The monoisotopic (exact) mass is 173 g/mol. The molecule has 12 heavy (non-hydrogen) atoms. The molecule has 0 spiro atoms. The summed E-state index contributed by atoms with van der Waals surface area (Å²) >= 11 is 0. The zero-order valence-corrected chi connectivity index (χ0v) is 7.50. The summed E-state index contributed by atoms with van der Waals surface area (Å²) in [6.45, 7) is 4.32. The Balaban J connectivity index is 2.41. The summed E-state index contributed by atoms with van der Waals surface area (Å²) in [6.07, 6.45) is -0.0482. The van der Waals surface area contributed by atoms with Gasteiger partial charge >= 0.3 is 0 Å². The topological polar surface area (TPSA) is 61.5 Å². The number of nitrogens with two attached hydrogens (primary N) is 1. The molecule has 0 aromatic rings. The predicted octanol–water partition coefficient (Wildman–Crippen LogP) is 0.0558. The van der Waals surface area contributed by atoms with Crippen LogP contribution >= 0.6 is 0 Å². The van der Waals surface area contributed by atoms with Gasteiger partial charge in [0, 0.05) is 6.42 Å². The Bertz CT molecular complexity index is 179. The molecule has 0 radical (unpaired) electrons. The molecule has 1 aliphatic rings. The maximum atomic E-state index is 11.2. The third-order valence-electron chi connectivity index (χ3n) is 1.76. The zero-order chi connectivity index (χ0) is 9.19. The number of rotatable bonds is 3. The molecule has 70 valence electrons. The third kappa shape index (κ3) is 2.27. The maximum Gasteiger partial charge on any atom is 0.165 e. The van der Waals surface area contributed by atoms with Gasteiger partial charge in [0.25, 0.3) is 0 Å². The maximum absolute atomic E-state index is 11.2. The van der Waals surface area contributed by atoms with Crippen LogP contribution in [0.25, 0.3) is 0 Å². The largest absolute Gasteiger partial charge is 0.347 e. The summed E-state index contributed by atoms with van der Waals surface area (Å²) in [5, 5.41) is 0. The van der Waals surface area contributed by atoms with Crippen molar-refractivity contribution in [3.05, 3.63) is 0 Å². The standard InChI is InChI=1S/C8H15NO3/c1-8(2)11-5-7(12-8)6(10)3-4-9/h7H,3-5,9H2,1-2H3. The van der Waals surface area contributed by atoms with Crippen LogP contribution < -0.4 is 5.73 Å². The van der Waals surface area contributed by atoms with Gasteiger partial charge in [-0.2, -0.15) is 0 Å². The van der Waals surface area contributed by atoms with Gasteiger partial charge in [-0.1, -0.05) is 0 Å². The van der Waals surface area contributed by atoms with Crippen molar-refractivity contribution < 1.29 is 14.3 Å². The van der Waals surface area contributed by atoms with Crippen molar-refractivity contribution in [1.82, 2.24) is 0 Å². The number of carbonyl (C=O) groups is 1. The van der Waals surface area contributed by atoms with E-state index < -0.39 is 11.9 Å². The number of hydrogen-bond acceptors (Lipinski definition) is 4. The van der Waals surface area contributed by atoms with Crippen molar-refractivity contribution in [3.8, 4) is 0 Å². The minimum Gasteiger partial charge on any atom is -0.347 e. The van der Waals surface area contributed by atoms with Crippen molar-refractivity contribution in [2.45, 2.75) is 32.2 Å². The summed E-state index contributed by atoms with van der Waals surface area (Å²) < 4.78 is 10.6. The van der Waals surface area contributed by atoms with E-state index in [1.165, 1.54) is 0 Å². The van der Waals surface area contributed by atoms with Crippen molar-refractivity contribution >= 4 is 5.78 Å². The molecule has 1 aliphatic heterocycles. The molecule has 0 aromatic heterocycles. The van der Waals surface area contributed by atoms with Gasteiger partial charge in [-0.3, -0.25) is 4.79 Å². The van der Waals surface area contributed by atoms with E-state index in [1.54, 1.807) is 13.8 Å². The molecule has 4 heteroatoms. The Morgan fingerprint density at radius 1 is 1.67 bits per heavy atom. The SMILES string of the molecule is CC1(C)OCC(C(=O)CCN)O1. The lowest BCUT2D eigenvalue weighted by molar-refractivity contribution is -0.151. The molecule has 1 heterocycles. The Morgan fingerprint density at radius 2 is 2.33 bits per heavy atom. The number of ketones is 1. The van der Waals surface area contributed by atoms with Gasteiger partial charge in [0.15, 0.2) is 11.6 Å². The minimum atomic E-state index is -0.616. The Hall–Kier alpha value is -0.450. The first-order valence-corrected chi connectivity index (χ1v) is 4.10. The van der Waals surface area contributed by atoms with E-state index in [0.29, 0.717) is 19.6 Å². The molecule has 4 nitrogen and oxygen atoms in total. The Labute approximate surface area is 72.0 Å². The average Bonchev–Trinajstić information content (AvgIpc) is 2.31. The average molecular weight is 173 g/mol. The highest BCUT2D eigenvalue weighted by molar-refractivity contribution is 5.83. The van der Waals surface area contributed by atoms with Crippen molar-refractivity contribution in [2.24, 2.45) is 5.73 Å². The highest BCUT2D eigenvalue weighted by Gasteiger charge is 2.36. The molecule has 0 aliphatic carbocycles. The van der Waals surface area contributed by atoms with E-state index in [9.17, 15) is 4.79 Å². The van der Waals surface area contributed by atoms with Crippen molar-refractivity contribution in [3.63, 3.8) is 0 Å². The molecule has 0 amide bonds. The van der Waals surface area contributed by atoms with Crippen LogP contribution in [0.2, 0.25) is 0 Å². The first-order chi connectivity index (χ1) is 5.55. The highest BCUT2D eigenvalue weighted by atomic mass is 16.7. The van der Waals surface area contributed by atoms with Gasteiger partial charge in [-0.25, -0.2) is 0 Å². The lowest BCUT2D eigenvalue weighted by atomic mass is 10.2. The van der Waals surface area contributed by atoms with Gasteiger partial charge < -0.3 is 15.2 Å². The molecule has 0 aromatic carbocycles. The van der Waals surface area contributed by atoms with Crippen LogP contribution in [-0.2, 0) is 14.3 Å². The Kier molecular flexibility index (Phi) is 2.82. The van der Waals surface area contributed by atoms with Crippen molar-refractivity contribution in [2.75, 3.05) is 13.2 Å². The van der Waals surface area contributed by atoms with Gasteiger partial charge in [0.2, 0.25) is 0 Å². The highest BCUT2D eigenvalue weighted by Crippen LogP contribution is 2.22. The number of ether oxygens (including phenoxy) is 2. The van der Waals surface area contributed by atoms with Crippen LogP contribution in [-0.4, -0.2) is 30.8 Å². The van der Waals surface area contributed by atoms with Gasteiger partial charge in [0.05, 0.1) is 6.61 Å². The summed E-state index contributed by atoms with van der Waals surface area (Å²) in [5.41, 5.74) is 5.25. The van der Waals surface area contributed by atoms with Gasteiger partial charge in [-0.15, -0.1) is 0 Å². The van der Waals surface area contributed by atoms with Gasteiger partial charge in [-0.05, 0) is 20.4 Å². The first kappa shape index (κ1) is 9.64. The van der Waals surface area contributed by atoms with Gasteiger partial charge in [0.1, 0.15) is 6.10 Å². The summed E-state index contributed by atoms with van der Waals surface area (Å²) in [4.78, 5) is 11.2. The fourth-order valence-electron chi connectivity index (χ4n) is 1.15. The second kappa shape index (κ2) is 3.51. The first-order valence-electron chi connectivity index (χ1n) is 4.10. The van der Waals surface area contributed by atoms with Crippen LogP contribution in [0.3, 0.4) is 0 Å². The van der Waals surface area contributed by atoms with Crippen LogP contribution in [0.1, 0.15) is 20.3 Å². The second-order valence-corrected chi connectivity index (χ2v) is 3.32. The van der Waals surface area contributed by atoms with Crippen LogP contribution in [0.15, 0.2) is 0 Å². The molecule has 0 bridgehead atoms. The van der Waals surface area contributed by atoms with E-state index in [-0.39, 0.29) is 5.78 Å². The van der Waals surface area contributed by atoms with E-state index in [2.05, 4.69) is 0 Å². The molecule has 1 unspecified atom stereocenters. The fourth-order valence-corrected chi connectivity index (χ4v) is 1.15. The molecule has 1 saturated heterocycles. The van der Waals surface area contributed by atoms with Crippen LogP contribution in [0.5, 0.6) is 0 Å². The summed E-state index contributed by atoms with van der Waals surface area (Å²) in [7, 11) is 0. The van der Waals surface area contributed by atoms with E-state index >= 15 is 0 Å². The molecule has 1 fully saturated rings. The predicted molar refractivity (Wildman–Crippen MR) is 43.6 cm³/mol. The molecule has 0 saturated carbocycles. The third-order valence-corrected chi connectivity index (χ3v) is 1.76. The molecule has 2 N–H and O–H groups in total. The quantitative estimate of drug-likeness (QED) is 0.655. The zero-order valence-electron chi connectivity index (χ0n) is 7.50. The lowest BCUT2D eigenvalue weighted by Gasteiger charge is -2.16. The van der Waals surface area contributed by atoms with E-state index in [1.807, 2.05) is 0 Å². The molecular formula is C8H15NO3. The summed E-state index contributed by atoms with van der Waals surface area (Å²) in [5.74, 6) is -0.586. The fraction of sp³-hybridized carbons (Fsp3) is 0.875. The number of Topliss-reactive ketones (excluding diaryl/α,β-unsaturated/α-hetero) is 1. The molecular weight excluding hydrogens is 158 g/mol.